The highest BCUT2D eigenvalue weighted by Gasteiger charge is 2.41. The summed E-state index contributed by atoms with van der Waals surface area (Å²) in [4.78, 5) is 174. The Morgan fingerprint density at radius 2 is 1.14 bits per heavy atom. The number of likely N-dealkylation sites (tertiary alicyclic amines) is 1. The van der Waals surface area contributed by atoms with Gasteiger partial charge in [-0.3, -0.25) is 62.5 Å². The van der Waals surface area contributed by atoms with Gasteiger partial charge in [0, 0.05) is 31.7 Å². The highest BCUT2D eigenvalue weighted by molar-refractivity contribution is 7.80. The van der Waals surface area contributed by atoms with E-state index >= 15 is 0 Å². The minimum Gasteiger partial charge on any atom is -0.481 e. The molecular formula is C45H68N14O18S. The van der Waals surface area contributed by atoms with E-state index in [1.165, 1.54) is 0 Å². The van der Waals surface area contributed by atoms with Gasteiger partial charge in [-0.25, -0.2) is 4.79 Å². The van der Waals surface area contributed by atoms with Crippen molar-refractivity contribution in [1.82, 2.24) is 47.4 Å². The number of primary amides is 1. The summed E-state index contributed by atoms with van der Waals surface area (Å²) >= 11 is 3.90. The Kier molecular flexibility index (Phi) is 28.0. The highest BCUT2D eigenvalue weighted by Crippen LogP contribution is 2.20. The van der Waals surface area contributed by atoms with Gasteiger partial charge in [-0.15, -0.1) is 0 Å². The van der Waals surface area contributed by atoms with Gasteiger partial charge in [0.05, 0.1) is 32.1 Å². The summed E-state index contributed by atoms with van der Waals surface area (Å²) in [6.45, 7) is -1.17. The molecule has 33 heteroatoms. The predicted octanol–water partition coefficient (Wildman–Crippen LogP) is -8.29. The molecule has 1 aliphatic rings. The molecule has 10 amide bonds. The van der Waals surface area contributed by atoms with E-state index in [1.807, 2.05) is 5.32 Å². The van der Waals surface area contributed by atoms with Crippen LogP contribution >= 0.6 is 12.6 Å². The molecule has 1 heterocycles. The summed E-state index contributed by atoms with van der Waals surface area (Å²) in [5.74, 6) is -15.9. The first-order valence-electron chi connectivity index (χ1n) is 24.1. The van der Waals surface area contributed by atoms with E-state index in [-0.39, 0.29) is 56.9 Å². The lowest BCUT2D eigenvalue weighted by Crippen LogP contribution is -2.60. The van der Waals surface area contributed by atoms with Crippen molar-refractivity contribution < 1.29 is 87.9 Å². The normalized spacial score (nSPS) is 16.3. The van der Waals surface area contributed by atoms with E-state index in [2.05, 4.69) is 54.8 Å². The molecule has 0 saturated carbocycles. The molecule has 1 fully saturated rings. The number of carboxylic acid groups (broad SMARTS) is 3. The lowest BCUT2D eigenvalue weighted by atomic mass is 10.0. The summed E-state index contributed by atoms with van der Waals surface area (Å²) in [6, 6.07) is -8.18. The van der Waals surface area contributed by atoms with E-state index in [4.69, 9.17) is 28.0 Å². The fourth-order valence-corrected chi connectivity index (χ4v) is 7.59. The monoisotopic (exact) mass is 1120 g/mol. The maximum atomic E-state index is 14.4. The van der Waals surface area contributed by atoms with Crippen molar-refractivity contribution in [2.24, 2.45) is 27.9 Å². The zero-order valence-electron chi connectivity index (χ0n) is 42.3. The van der Waals surface area contributed by atoms with Gasteiger partial charge < -0.3 is 95.9 Å². The highest BCUT2D eigenvalue weighted by atomic mass is 32.1. The number of carboxylic acids is 3. The molecule has 0 aromatic heterocycles. The largest absolute Gasteiger partial charge is 0.481 e. The number of aliphatic hydroxyl groups is 2. The van der Waals surface area contributed by atoms with Gasteiger partial charge in [0.1, 0.15) is 54.4 Å². The van der Waals surface area contributed by atoms with Crippen LogP contribution in [-0.4, -0.2) is 206 Å². The number of carbonyl (C=O) groups is 13. The van der Waals surface area contributed by atoms with Crippen molar-refractivity contribution in [2.75, 3.05) is 32.1 Å². The van der Waals surface area contributed by atoms with Crippen LogP contribution in [0.25, 0.3) is 0 Å². The molecule has 21 N–H and O–H groups in total. The SMILES string of the molecule is C[C@H](NC(=O)[C@H](CCC(N)=O)NC(=O)[C@H](Cc1ccccc1)NC(=O)[C@H](CCCN=C(N)N)NC(=O)[C@@H]1CCCN1C(=O)[C@H](CC(=O)O)NC(=O)[C@H](CC(=O)O)NC(=O)[C@@H](N)CS)C(=O)N[C@@H](CO)C(=O)N[C@@H](CO)C(=O)O. The molecule has 1 saturated heterocycles. The molecule has 78 heavy (non-hydrogen) atoms. The molecule has 0 aliphatic carbocycles. The van der Waals surface area contributed by atoms with E-state index in [9.17, 15) is 82.8 Å². The first kappa shape index (κ1) is 65.9. The standard InChI is InChI=1S/C45H68N14O18S/c1-21(35(67)57-29(18-60)41(73)58-30(19-61)44(76)77)51-37(69)25(11-12-32(47)62)52-39(71)26(15-22-7-3-2-4-8-22)55-38(70)24(9-5-13-50-45(48)49)53-42(74)31-10-6-14-59(31)43(75)28(17-34(65)66)56-40(72)27(16-33(63)64)54-36(68)23(46)20-78/h2-4,7-8,21,23-31,60-61,78H,5-6,9-20,46H2,1H3,(H2,47,62)(H,51,69)(H,52,71)(H,53,74)(H,54,68)(H,55,70)(H,56,72)(H,57,67)(H,58,73)(H,63,64)(H,65,66)(H,76,77)(H4,48,49,50)/t21-,23-,24-,25-,26-,27-,28-,29-,30-,31-/m0/s1. The Morgan fingerprint density at radius 3 is 1.71 bits per heavy atom. The Bertz CT molecular complexity index is 2360. The van der Waals surface area contributed by atoms with Crippen LogP contribution in [0.2, 0.25) is 0 Å². The molecule has 432 valence electrons. The maximum absolute atomic E-state index is 14.4. The molecule has 2 rings (SSSR count). The Balaban J connectivity index is 2.46. The zero-order valence-corrected chi connectivity index (χ0v) is 43.1. The van der Waals surface area contributed by atoms with Crippen LogP contribution in [0, 0.1) is 0 Å². The van der Waals surface area contributed by atoms with Gasteiger partial charge >= 0.3 is 17.9 Å². The molecule has 0 radical (unpaired) electrons. The number of thiol groups is 1. The average molecular weight is 1130 g/mol. The van der Waals surface area contributed by atoms with Crippen LogP contribution in [-0.2, 0) is 68.7 Å². The fourth-order valence-electron chi connectivity index (χ4n) is 7.42. The topological polar surface area (TPSA) is 539 Å². The number of nitrogens with zero attached hydrogens (tertiary/aromatic N) is 2. The third-order valence-corrected chi connectivity index (χ3v) is 11.9. The van der Waals surface area contributed by atoms with Crippen LogP contribution in [0.3, 0.4) is 0 Å². The lowest BCUT2D eigenvalue weighted by Gasteiger charge is -2.30. The average Bonchev–Trinajstić information content (AvgIpc) is 3.89. The Morgan fingerprint density at radius 1 is 0.641 bits per heavy atom. The van der Waals surface area contributed by atoms with Crippen LogP contribution in [0.4, 0.5) is 0 Å². The number of aliphatic imine (C=N–C) groups is 1. The van der Waals surface area contributed by atoms with Gasteiger partial charge in [-0.05, 0) is 44.6 Å². The lowest BCUT2D eigenvalue weighted by molar-refractivity contribution is -0.147. The second-order valence-electron chi connectivity index (χ2n) is 17.7. The number of guanidine groups is 1. The summed E-state index contributed by atoms with van der Waals surface area (Å²) in [5, 5.41) is 65.4. The smallest absolute Gasteiger partial charge is 0.328 e. The van der Waals surface area contributed by atoms with Crippen molar-refractivity contribution in [1.29, 1.82) is 0 Å². The van der Waals surface area contributed by atoms with Gasteiger partial charge in [-0.2, -0.15) is 12.6 Å². The number of rotatable bonds is 34. The Hall–Kier alpha value is -8.17. The first-order valence-corrected chi connectivity index (χ1v) is 24.7. The quantitative estimate of drug-likeness (QED) is 0.0132. The van der Waals surface area contributed by atoms with E-state index < -0.39 is 176 Å². The predicted molar refractivity (Wildman–Crippen MR) is 272 cm³/mol. The fraction of sp³-hybridized carbons (Fsp3) is 0.556. The molecule has 1 aromatic carbocycles. The van der Waals surface area contributed by atoms with E-state index in [0.717, 1.165) is 11.8 Å². The second-order valence-corrected chi connectivity index (χ2v) is 18.0. The van der Waals surface area contributed by atoms with Crippen molar-refractivity contribution in [3.63, 3.8) is 0 Å². The minimum atomic E-state index is -1.91. The zero-order chi connectivity index (χ0) is 58.8. The second kappa shape index (κ2) is 33.1. The number of benzene rings is 1. The number of nitrogens with two attached hydrogens (primary N) is 4. The molecule has 0 unspecified atom stereocenters. The summed E-state index contributed by atoms with van der Waals surface area (Å²) in [6.07, 6.45) is -3.37. The molecule has 10 atom stereocenters. The van der Waals surface area contributed by atoms with Gasteiger partial charge in [0.2, 0.25) is 59.1 Å². The van der Waals surface area contributed by atoms with Crippen molar-refractivity contribution in [3.05, 3.63) is 35.9 Å². The Labute approximate surface area is 450 Å². The third kappa shape index (κ3) is 22.6. The molecule has 1 aliphatic heterocycles. The van der Waals surface area contributed by atoms with Crippen molar-refractivity contribution in [2.45, 2.75) is 125 Å². The van der Waals surface area contributed by atoms with Gasteiger partial charge in [0.15, 0.2) is 5.96 Å². The summed E-state index contributed by atoms with van der Waals surface area (Å²) in [5.41, 5.74) is 22.4. The molecular weight excluding hydrogens is 1060 g/mol. The van der Waals surface area contributed by atoms with Crippen LogP contribution in [0.15, 0.2) is 35.3 Å². The summed E-state index contributed by atoms with van der Waals surface area (Å²) < 4.78 is 0. The number of hydrogen-bond donors (Lipinski definition) is 18. The number of aliphatic carboxylic acids is 3. The minimum absolute atomic E-state index is 0.0230. The summed E-state index contributed by atoms with van der Waals surface area (Å²) in [7, 11) is 0. The van der Waals surface area contributed by atoms with E-state index in [1.54, 1.807) is 30.3 Å². The van der Waals surface area contributed by atoms with Gasteiger partial charge in [-0.1, -0.05) is 30.3 Å². The molecule has 1 aromatic rings. The number of amides is 10. The van der Waals surface area contributed by atoms with Crippen LogP contribution < -0.4 is 65.5 Å². The first-order chi connectivity index (χ1) is 36.7. The number of nitrogens with one attached hydrogen (secondary N) is 8. The van der Waals surface area contributed by atoms with Crippen LogP contribution in [0.1, 0.15) is 63.9 Å². The van der Waals surface area contributed by atoms with Crippen molar-refractivity contribution >= 4 is 95.6 Å². The van der Waals surface area contributed by atoms with Gasteiger partial charge in [0.25, 0.3) is 0 Å². The van der Waals surface area contributed by atoms with Crippen LogP contribution in [0.5, 0.6) is 0 Å². The molecule has 0 bridgehead atoms. The molecule has 0 spiro atoms. The number of carbonyl (C=O) groups excluding carboxylic acids is 10. The maximum Gasteiger partial charge on any atom is 0.328 e. The number of aliphatic hydroxyl groups excluding tert-OH is 2. The molecule has 32 nitrogen and oxygen atoms in total. The van der Waals surface area contributed by atoms with E-state index in [0.29, 0.717) is 5.56 Å². The van der Waals surface area contributed by atoms with Crippen molar-refractivity contribution in [3.8, 4) is 0 Å². The third-order valence-electron chi connectivity index (χ3n) is 11.5. The number of hydrogen-bond acceptors (Lipinski definition) is 18.